The second kappa shape index (κ2) is 11.5. The molecule has 0 saturated heterocycles. The summed E-state index contributed by atoms with van der Waals surface area (Å²) < 4.78 is 10.8. The van der Waals surface area contributed by atoms with E-state index in [-0.39, 0.29) is 19.6 Å². The number of nitrogens with zero attached hydrogens (tertiary/aromatic N) is 2. The molecule has 0 fully saturated rings. The first kappa shape index (κ1) is 22.9. The van der Waals surface area contributed by atoms with Crippen molar-refractivity contribution in [2.24, 2.45) is 10.1 Å². The van der Waals surface area contributed by atoms with Gasteiger partial charge in [-0.25, -0.2) is 20.0 Å². The molecule has 32 heavy (non-hydrogen) atoms. The highest BCUT2D eigenvalue weighted by Crippen LogP contribution is 2.18. The summed E-state index contributed by atoms with van der Waals surface area (Å²) in [4.78, 5) is 27.7. The lowest BCUT2D eigenvalue weighted by molar-refractivity contribution is -0.139. The Labute approximate surface area is 186 Å². The number of rotatable bonds is 9. The number of aliphatic carboxylic acids is 1. The number of nitrogens with one attached hydrogen (secondary N) is 3. The lowest BCUT2D eigenvalue weighted by Crippen LogP contribution is -2.41. The lowest BCUT2D eigenvalue weighted by Gasteiger charge is -2.18. The molecule has 1 heterocycles. The number of carboxylic acid groups (broad SMARTS) is 1. The van der Waals surface area contributed by atoms with Crippen molar-refractivity contribution in [3.05, 3.63) is 59.4 Å². The van der Waals surface area contributed by atoms with Gasteiger partial charge in [0.1, 0.15) is 18.4 Å². The van der Waals surface area contributed by atoms with Crippen LogP contribution in [0.5, 0.6) is 0 Å². The lowest BCUT2D eigenvalue weighted by atomic mass is 10.0. The van der Waals surface area contributed by atoms with Crippen molar-refractivity contribution in [3.8, 4) is 0 Å². The number of hydrogen-bond donors (Lipinski definition) is 4. The van der Waals surface area contributed by atoms with Gasteiger partial charge < -0.3 is 25.2 Å². The third-order valence-electron chi connectivity index (χ3n) is 4.74. The molecule has 0 spiro atoms. The topological polar surface area (TPSA) is 134 Å². The van der Waals surface area contributed by atoms with Gasteiger partial charge in [-0.2, -0.15) is 5.10 Å². The zero-order valence-corrected chi connectivity index (χ0v) is 17.8. The number of amides is 1. The summed E-state index contributed by atoms with van der Waals surface area (Å²) >= 11 is 0. The Morgan fingerprint density at radius 1 is 1.28 bits per heavy atom. The van der Waals surface area contributed by atoms with Crippen LogP contribution < -0.4 is 16.1 Å². The molecule has 3 rings (SSSR count). The minimum Gasteiger partial charge on any atom is -0.494 e. The summed E-state index contributed by atoms with van der Waals surface area (Å²) in [6, 6.07) is 8.03. The average molecular weight is 441 g/mol. The minimum atomic E-state index is -1.15. The monoisotopic (exact) mass is 441 g/mol. The number of guanidine groups is 1. The molecule has 1 amide bonds. The summed E-state index contributed by atoms with van der Waals surface area (Å²) in [6.45, 7) is 3.65. The van der Waals surface area contributed by atoms with Crippen molar-refractivity contribution < 1.29 is 24.2 Å². The standard InChI is InChI=1S/C22H27N5O5/c1-15-13-17(26-27-21-23-10-11-24-21)7-8-19(15)31-12-9-18(20(28)29)25-22(30)32-14-16-5-3-2-4-6-16/h2-8,18H,9-14H2,1H3,(H,25,30)(H,28,29)(H2,23,24,27)/t18-/m0/s1. The van der Waals surface area contributed by atoms with Gasteiger partial charge in [0.15, 0.2) is 0 Å². The first-order chi connectivity index (χ1) is 15.5. The summed E-state index contributed by atoms with van der Waals surface area (Å²) in [6.07, 6.45) is 3.52. The second-order valence-corrected chi connectivity index (χ2v) is 7.26. The number of allylic oxidation sites excluding steroid dienone is 3. The van der Waals surface area contributed by atoms with Crippen molar-refractivity contribution >= 4 is 23.7 Å². The number of carbonyl (C=O) groups excluding carboxylic acids is 1. The summed E-state index contributed by atoms with van der Waals surface area (Å²) in [5.41, 5.74) is 5.51. The zero-order valence-electron chi connectivity index (χ0n) is 17.8. The van der Waals surface area contributed by atoms with Crippen molar-refractivity contribution in [1.82, 2.24) is 16.1 Å². The maximum absolute atomic E-state index is 12.0. The van der Waals surface area contributed by atoms with Gasteiger partial charge in [-0.1, -0.05) is 30.3 Å². The van der Waals surface area contributed by atoms with Crippen LogP contribution in [0.2, 0.25) is 0 Å². The van der Waals surface area contributed by atoms with Crippen LogP contribution in [0.25, 0.3) is 0 Å². The van der Waals surface area contributed by atoms with Gasteiger partial charge in [0.05, 0.1) is 18.9 Å². The molecule has 4 N–H and O–H groups in total. The van der Waals surface area contributed by atoms with E-state index in [1.807, 2.05) is 43.3 Å². The van der Waals surface area contributed by atoms with Crippen molar-refractivity contribution in [2.75, 3.05) is 19.7 Å². The highest BCUT2D eigenvalue weighted by Gasteiger charge is 2.21. The number of carbonyl (C=O) groups is 2. The van der Waals surface area contributed by atoms with Crippen LogP contribution in [0.4, 0.5) is 4.79 Å². The van der Waals surface area contributed by atoms with Gasteiger partial charge in [-0.3, -0.25) is 0 Å². The van der Waals surface area contributed by atoms with Gasteiger partial charge in [0, 0.05) is 19.4 Å². The third kappa shape index (κ3) is 7.15. The Balaban J connectivity index is 1.42. The van der Waals surface area contributed by atoms with Crippen LogP contribution in [0, 0.1) is 0 Å². The highest BCUT2D eigenvalue weighted by molar-refractivity contribution is 5.99. The van der Waals surface area contributed by atoms with Gasteiger partial charge in [0.25, 0.3) is 0 Å². The van der Waals surface area contributed by atoms with Gasteiger partial charge >= 0.3 is 12.1 Å². The predicted octanol–water partition coefficient (Wildman–Crippen LogP) is 1.91. The van der Waals surface area contributed by atoms with E-state index in [0.717, 1.165) is 29.9 Å². The smallest absolute Gasteiger partial charge is 0.408 e. The fourth-order valence-electron chi connectivity index (χ4n) is 3.03. The number of ether oxygens (including phenoxy) is 2. The maximum Gasteiger partial charge on any atom is 0.408 e. The normalized spacial score (nSPS) is 17.4. The molecule has 1 atom stereocenters. The van der Waals surface area contributed by atoms with E-state index in [4.69, 9.17) is 9.47 Å². The Kier molecular flexibility index (Phi) is 8.24. The first-order valence-electron chi connectivity index (χ1n) is 10.3. The maximum atomic E-state index is 12.0. The molecule has 1 aromatic rings. The molecule has 1 aliphatic heterocycles. The number of benzene rings is 1. The molecule has 1 aliphatic carbocycles. The fraction of sp³-hybridized carbons (Fsp3) is 0.364. The van der Waals surface area contributed by atoms with E-state index in [1.165, 1.54) is 0 Å². The van der Waals surface area contributed by atoms with Crippen molar-refractivity contribution in [2.45, 2.75) is 32.4 Å². The van der Waals surface area contributed by atoms with Crippen LogP contribution in [-0.4, -0.2) is 54.6 Å². The van der Waals surface area contributed by atoms with Gasteiger partial charge in [-0.15, -0.1) is 0 Å². The van der Waals surface area contributed by atoms with Crippen LogP contribution >= 0.6 is 0 Å². The van der Waals surface area contributed by atoms with E-state index in [0.29, 0.717) is 18.1 Å². The SMILES string of the molecule is CC1=C(OCC[C@H](NC(=O)OCc2ccccc2)C(=O)O)C=CC(=NNC2=NCCN2)C1. The largest absolute Gasteiger partial charge is 0.494 e. The molecule has 1 aromatic carbocycles. The van der Waals surface area contributed by atoms with Crippen molar-refractivity contribution in [3.63, 3.8) is 0 Å². The Morgan fingerprint density at radius 3 is 2.78 bits per heavy atom. The Bertz CT molecular complexity index is 939. The third-order valence-corrected chi connectivity index (χ3v) is 4.74. The van der Waals surface area contributed by atoms with Crippen LogP contribution in [-0.2, 0) is 20.9 Å². The molecule has 10 heteroatoms. The van der Waals surface area contributed by atoms with Crippen LogP contribution in [0.3, 0.4) is 0 Å². The summed E-state index contributed by atoms with van der Waals surface area (Å²) in [5, 5.41) is 19.1. The quantitative estimate of drug-likeness (QED) is 0.430. The Morgan fingerprint density at radius 2 is 2.09 bits per heavy atom. The van der Waals surface area contributed by atoms with E-state index >= 15 is 0 Å². The van der Waals surface area contributed by atoms with Gasteiger partial charge in [-0.05, 0) is 30.2 Å². The molecule has 0 bridgehead atoms. The Hall–Kier alpha value is -3.82. The molecule has 0 saturated carbocycles. The van der Waals surface area contributed by atoms with E-state index in [2.05, 4.69) is 26.2 Å². The number of carboxylic acids is 1. The number of hydrazone groups is 1. The molecule has 0 aromatic heterocycles. The molecule has 2 aliphatic rings. The second-order valence-electron chi connectivity index (χ2n) is 7.26. The zero-order chi connectivity index (χ0) is 22.8. The number of hydrogen-bond acceptors (Lipinski definition) is 8. The van der Waals surface area contributed by atoms with Crippen molar-refractivity contribution in [1.29, 1.82) is 0 Å². The molecule has 0 radical (unpaired) electrons. The summed E-state index contributed by atoms with van der Waals surface area (Å²) in [7, 11) is 0. The summed E-state index contributed by atoms with van der Waals surface area (Å²) in [5.74, 6) is 0.166. The van der Waals surface area contributed by atoms with E-state index < -0.39 is 18.1 Å². The van der Waals surface area contributed by atoms with Crippen LogP contribution in [0.1, 0.15) is 25.3 Å². The van der Waals surface area contributed by atoms with E-state index in [9.17, 15) is 14.7 Å². The fourth-order valence-corrected chi connectivity index (χ4v) is 3.03. The number of aliphatic imine (C=N–C) groups is 1. The predicted molar refractivity (Wildman–Crippen MR) is 119 cm³/mol. The highest BCUT2D eigenvalue weighted by atomic mass is 16.5. The first-order valence-corrected chi connectivity index (χ1v) is 10.3. The molecule has 0 unspecified atom stereocenters. The molecular weight excluding hydrogens is 414 g/mol. The van der Waals surface area contributed by atoms with Gasteiger partial charge in [0.2, 0.25) is 5.96 Å². The number of alkyl carbamates (subject to hydrolysis) is 1. The molecule has 10 nitrogen and oxygen atoms in total. The molecular formula is C22H27N5O5. The average Bonchev–Trinajstić information content (AvgIpc) is 3.31. The van der Waals surface area contributed by atoms with E-state index in [1.54, 1.807) is 6.08 Å². The molecule has 170 valence electrons. The van der Waals surface area contributed by atoms with Crippen LogP contribution in [0.15, 0.2) is 63.9 Å². The minimum absolute atomic E-state index is 0.0640.